The summed E-state index contributed by atoms with van der Waals surface area (Å²) in [5, 5.41) is 7.21. The highest BCUT2D eigenvalue weighted by Crippen LogP contribution is 2.44. The number of nitrogens with zero attached hydrogens (tertiary/aromatic N) is 3. The molecule has 0 amide bonds. The van der Waals surface area contributed by atoms with E-state index in [4.69, 9.17) is 4.98 Å². The van der Waals surface area contributed by atoms with Crippen molar-refractivity contribution >= 4 is 54.4 Å². The molecule has 12 rings (SSSR count). The Labute approximate surface area is 347 Å². The largest absolute Gasteiger partial charge is 0.309 e. The van der Waals surface area contributed by atoms with Crippen molar-refractivity contribution < 1.29 is 0 Å². The third kappa shape index (κ3) is 5.48. The second-order valence-electron chi connectivity index (χ2n) is 15.5. The third-order valence-electron chi connectivity index (χ3n) is 12.1. The van der Waals surface area contributed by atoms with Gasteiger partial charge in [0.05, 0.1) is 33.5 Å². The van der Waals surface area contributed by atoms with E-state index < -0.39 is 0 Å². The summed E-state index contributed by atoms with van der Waals surface area (Å²) in [6.07, 6.45) is 0. The zero-order valence-electron chi connectivity index (χ0n) is 32.7. The van der Waals surface area contributed by atoms with Crippen LogP contribution in [0.3, 0.4) is 0 Å². The Hall–Kier alpha value is -8.01. The molecule has 0 aliphatic carbocycles. The van der Waals surface area contributed by atoms with Crippen molar-refractivity contribution in [1.82, 2.24) is 14.1 Å². The van der Waals surface area contributed by atoms with Gasteiger partial charge in [0.25, 0.3) is 0 Å². The highest BCUT2D eigenvalue weighted by molar-refractivity contribution is 6.21. The summed E-state index contributed by atoms with van der Waals surface area (Å²) in [5.41, 5.74) is 15.6. The molecule has 3 heterocycles. The molecule has 60 heavy (non-hydrogen) atoms. The molecular formula is C57H37N3. The number of para-hydroxylation sites is 2. The second kappa shape index (κ2) is 13.8. The topological polar surface area (TPSA) is 22.8 Å². The third-order valence-corrected chi connectivity index (χ3v) is 12.1. The van der Waals surface area contributed by atoms with E-state index in [0.717, 1.165) is 61.6 Å². The maximum absolute atomic E-state index is 5.55. The molecule has 0 aliphatic rings. The van der Waals surface area contributed by atoms with Crippen LogP contribution in [0.15, 0.2) is 224 Å². The summed E-state index contributed by atoms with van der Waals surface area (Å²) < 4.78 is 4.90. The Kier molecular flexibility index (Phi) is 7.85. The second-order valence-corrected chi connectivity index (χ2v) is 15.5. The van der Waals surface area contributed by atoms with Gasteiger partial charge in [-0.05, 0) is 87.6 Å². The van der Waals surface area contributed by atoms with Gasteiger partial charge in [-0.1, -0.05) is 170 Å². The standard InChI is InChI=1S/C57H37N3/c1-4-16-38(17-5-1)40-28-30-44(31-29-40)59-53-26-14-12-24-47(53)49-33-32-45(37-55(49)59)60-54-27-15-13-25-48(54)50-34-42-22-10-11-23-46(42)56(57(50)60)52-36-43(39-18-6-2-7-19-39)35-51(58-52)41-20-8-3-9-21-41/h1-37H. The summed E-state index contributed by atoms with van der Waals surface area (Å²) in [5.74, 6) is 0. The molecule has 0 saturated carbocycles. The van der Waals surface area contributed by atoms with Gasteiger partial charge in [-0.2, -0.15) is 0 Å². The quantitative estimate of drug-likeness (QED) is 0.165. The molecular weight excluding hydrogens is 727 g/mol. The van der Waals surface area contributed by atoms with E-state index in [-0.39, 0.29) is 0 Å². The molecule has 0 radical (unpaired) electrons. The van der Waals surface area contributed by atoms with Crippen molar-refractivity contribution in [3.63, 3.8) is 0 Å². The van der Waals surface area contributed by atoms with Crippen LogP contribution < -0.4 is 0 Å². The predicted octanol–water partition coefficient (Wildman–Crippen LogP) is 15.1. The van der Waals surface area contributed by atoms with Crippen molar-refractivity contribution in [3.05, 3.63) is 224 Å². The van der Waals surface area contributed by atoms with Crippen molar-refractivity contribution in [2.24, 2.45) is 0 Å². The van der Waals surface area contributed by atoms with Crippen LogP contribution in [0.4, 0.5) is 0 Å². The monoisotopic (exact) mass is 763 g/mol. The van der Waals surface area contributed by atoms with Crippen molar-refractivity contribution in [2.75, 3.05) is 0 Å². The van der Waals surface area contributed by atoms with Crippen LogP contribution in [0.5, 0.6) is 0 Å². The Morgan fingerprint density at radius 1 is 0.283 bits per heavy atom. The average Bonchev–Trinajstić information content (AvgIpc) is 3.83. The highest BCUT2D eigenvalue weighted by Gasteiger charge is 2.23. The molecule has 0 fully saturated rings. The lowest BCUT2D eigenvalue weighted by Gasteiger charge is -2.17. The smallest absolute Gasteiger partial charge is 0.0743 e. The molecule has 280 valence electrons. The van der Waals surface area contributed by atoms with E-state index in [1.54, 1.807) is 0 Å². The highest BCUT2D eigenvalue weighted by atomic mass is 15.0. The minimum atomic E-state index is 0.940. The lowest BCUT2D eigenvalue weighted by molar-refractivity contribution is 1.15. The van der Waals surface area contributed by atoms with Crippen LogP contribution in [0.25, 0.3) is 111 Å². The molecule has 3 nitrogen and oxygen atoms in total. The molecule has 0 N–H and O–H groups in total. The van der Waals surface area contributed by atoms with Gasteiger partial charge in [-0.3, -0.25) is 0 Å². The zero-order valence-corrected chi connectivity index (χ0v) is 32.7. The molecule has 3 aromatic heterocycles. The van der Waals surface area contributed by atoms with E-state index in [0.29, 0.717) is 0 Å². The van der Waals surface area contributed by atoms with Gasteiger partial charge in [0.1, 0.15) is 0 Å². The molecule has 12 aromatic rings. The number of rotatable bonds is 6. The number of hydrogen-bond donors (Lipinski definition) is 0. The number of pyridine rings is 1. The molecule has 9 aromatic carbocycles. The molecule has 0 spiro atoms. The summed E-state index contributed by atoms with van der Waals surface area (Å²) in [6, 6.07) is 81.0. The van der Waals surface area contributed by atoms with E-state index in [2.05, 4.69) is 234 Å². The van der Waals surface area contributed by atoms with Crippen LogP contribution in [0.1, 0.15) is 0 Å². The Morgan fingerprint density at radius 2 is 0.783 bits per heavy atom. The normalized spacial score (nSPS) is 11.7. The molecule has 0 atom stereocenters. The Balaban J connectivity index is 1.16. The Bertz CT molecular complexity index is 3500. The molecule has 0 saturated heterocycles. The number of hydrogen-bond acceptors (Lipinski definition) is 1. The van der Waals surface area contributed by atoms with Gasteiger partial charge in [-0.15, -0.1) is 0 Å². The lowest BCUT2D eigenvalue weighted by Crippen LogP contribution is -1.99. The van der Waals surface area contributed by atoms with Gasteiger partial charge >= 0.3 is 0 Å². The SMILES string of the molecule is c1ccc(-c2ccc(-n3c4ccccc4c4ccc(-n5c6ccccc6c6cc7ccccc7c(-c7cc(-c8ccccc8)cc(-c8ccccc8)n7)c65)cc43)cc2)cc1. The maximum atomic E-state index is 5.55. The fraction of sp³-hybridized carbons (Fsp3) is 0. The molecule has 3 heteroatoms. The van der Waals surface area contributed by atoms with Crippen LogP contribution in [-0.2, 0) is 0 Å². The van der Waals surface area contributed by atoms with Crippen molar-refractivity contribution in [2.45, 2.75) is 0 Å². The first-order valence-corrected chi connectivity index (χ1v) is 20.5. The summed E-state index contributed by atoms with van der Waals surface area (Å²) in [7, 11) is 0. The molecule has 0 bridgehead atoms. The minimum Gasteiger partial charge on any atom is -0.309 e. The van der Waals surface area contributed by atoms with Crippen LogP contribution in [-0.4, -0.2) is 14.1 Å². The van der Waals surface area contributed by atoms with Crippen LogP contribution in [0, 0.1) is 0 Å². The maximum Gasteiger partial charge on any atom is 0.0743 e. The summed E-state index contributed by atoms with van der Waals surface area (Å²) >= 11 is 0. The number of benzene rings is 9. The van der Waals surface area contributed by atoms with E-state index >= 15 is 0 Å². The first kappa shape index (κ1) is 34.1. The van der Waals surface area contributed by atoms with Crippen LogP contribution in [0.2, 0.25) is 0 Å². The predicted molar refractivity (Wildman–Crippen MR) is 252 cm³/mol. The zero-order chi connectivity index (χ0) is 39.6. The van der Waals surface area contributed by atoms with Gasteiger partial charge in [0, 0.05) is 44.0 Å². The van der Waals surface area contributed by atoms with Crippen molar-refractivity contribution in [3.8, 4) is 56.1 Å². The molecule has 0 unspecified atom stereocenters. The van der Waals surface area contributed by atoms with Gasteiger partial charge in [-0.25, -0.2) is 4.98 Å². The molecule has 0 aliphatic heterocycles. The minimum absolute atomic E-state index is 0.940. The first-order valence-electron chi connectivity index (χ1n) is 20.5. The van der Waals surface area contributed by atoms with E-state index in [1.807, 2.05) is 0 Å². The van der Waals surface area contributed by atoms with E-state index in [9.17, 15) is 0 Å². The lowest BCUT2D eigenvalue weighted by atomic mass is 9.94. The first-order chi connectivity index (χ1) is 29.8. The number of fused-ring (bicyclic) bond motifs is 7. The van der Waals surface area contributed by atoms with Gasteiger partial charge in [0.15, 0.2) is 0 Å². The fourth-order valence-corrected chi connectivity index (χ4v) is 9.34. The van der Waals surface area contributed by atoms with Crippen molar-refractivity contribution in [1.29, 1.82) is 0 Å². The number of aromatic nitrogens is 3. The van der Waals surface area contributed by atoms with E-state index in [1.165, 1.54) is 49.0 Å². The summed E-state index contributed by atoms with van der Waals surface area (Å²) in [4.78, 5) is 5.55. The van der Waals surface area contributed by atoms with Crippen LogP contribution >= 0.6 is 0 Å². The Morgan fingerprint density at radius 3 is 1.48 bits per heavy atom. The average molecular weight is 764 g/mol. The fourth-order valence-electron chi connectivity index (χ4n) is 9.34. The van der Waals surface area contributed by atoms with Gasteiger partial charge < -0.3 is 9.13 Å². The summed E-state index contributed by atoms with van der Waals surface area (Å²) in [6.45, 7) is 0. The van der Waals surface area contributed by atoms with Gasteiger partial charge in [0.2, 0.25) is 0 Å².